The predicted molar refractivity (Wildman–Crippen MR) is 169 cm³/mol. The highest BCUT2D eigenvalue weighted by Crippen LogP contribution is 2.48. The van der Waals surface area contributed by atoms with Crippen LogP contribution in [0.2, 0.25) is 0 Å². The predicted octanol–water partition coefficient (Wildman–Crippen LogP) is 6.52. The van der Waals surface area contributed by atoms with E-state index in [2.05, 4.69) is 0 Å². The van der Waals surface area contributed by atoms with E-state index in [1.807, 2.05) is 31.2 Å². The van der Waals surface area contributed by atoms with Crippen LogP contribution in [-0.4, -0.2) is 55.5 Å². The first-order valence-corrected chi connectivity index (χ1v) is 14.2. The number of methoxy groups -OCH3 is 3. The van der Waals surface area contributed by atoms with Gasteiger partial charge in [0.05, 0.1) is 38.0 Å². The van der Waals surface area contributed by atoms with Crippen molar-refractivity contribution in [1.29, 1.82) is 0 Å². The van der Waals surface area contributed by atoms with Crippen molar-refractivity contribution in [3.63, 3.8) is 0 Å². The SMILES string of the molecule is COc1c(C(C)c2cccc(C(c3cc(C)c(O)c(C=O)c3OC)c3cc(C)c(O)c(C=O)c3OC)c2)cc(C)c(O)c1C=O. The van der Waals surface area contributed by atoms with Crippen molar-refractivity contribution in [3.8, 4) is 34.5 Å². The van der Waals surface area contributed by atoms with E-state index in [-0.39, 0.29) is 57.1 Å². The number of ether oxygens (including phenoxy) is 3. The molecule has 3 N–H and O–H groups in total. The lowest BCUT2D eigenvalue weighted by Crippen LogP contribution is -2.12. The molecule has 9 heteroatoms. The summed E-state index contributed by atoms with van der Waals surface area (Å²) < 4.78 is 17.0. The lowest BCUT2D eigenvalue weighted by molar-refractivity contribution is 0.110. The average molecular weight is 613 g/mol. The first-order valence-electron chi connectivity index (χ1n) is 14.2. The molecule has 0 bridgehead atoms. The summed E-state index contributed by atoms with van der Waals surface area (Å²) in [5.41, 5.74) is 4.63. The lowest BCUT2D eigenvalue weighted by Gasteiger charge is -2.27. The number of aryl methyl sites for hydroxylation is 3. The van der Waals surface area contributed by atoms with E-state index in [1.54, 1.807) is 39.0 Å². The zero-order valence-electron chi connectivity index (χ0n) is 26.2. The molecule has 0 spiro atoms. The van der Waals surface area contributed by atoms with E-state index in [0.29, 0.717) is 57.8 Å². The highest BCUT2D eigenvalue weighted by molar-refractivity contribution is 5.88. The van der Waals surface area contributed by atoms with Gasteiger partial charge < -0.3 is 29.5 Å². The molecule has 0 amide bonds. The number of phenolic OH excluding ortho intramolecular Hbond substituents is 3. The van der Waals surface area contributed by atoms with E-state index in [4.69, 9.17) is 14.2 Å². The molecule has 4 rings (SSSR count). The number of benzene rings is 4. The summed E-state index contributed by atoms with van der Waals surface area (Å²) in [6.07, 6.45) is 1.62. The third-order valence-electron chi connectivity index (χ3n) is 8.32. The second-order valence-electron chi connectivity index (χ2n) is 10.9. The highest BCUT2D eigenvalue weighted by atomic mass is 16.5. The first kappa shape index (κ1) is 32.6. The van der Waals surface area contributed by atoms with Crippen molar-refractivity contribution in [1.82, 2.24) is 0 Å². The Morgan fingerprint density at radius 1 is 0.578 bits per heavy atom. The Morgan fingerprint density at radius 2 is 0.933 bits per heavy atom. The molecule has 4 aromatic rings. The Morgan fingerprint density at radius 3 is 1.31 bits per heavy atom. The maximum Gasteiger partial charge on any atom is 0.157 e. The number of hydrogen-bond donors (Lipinski definition) is 3. The number of aromatic hydroxyl groups is 3. The summed E-state index contributed by atoms with van der Waals surface area (Å²) in [7, 11) is 4.24. The van der Waals surface area contributed by atoms with Crippen LogP contribution < -0.4 is 14.2 Å². The Labute approximate surface area is 261 Å². The minimum atomic E-state index is -0.716. The van der Waals surface area contributed by atoms with Crippen LogP contribution >= 0.6 is 0 Å². The van der Waals surface area contributed by atoms with Crippen LogP contribution in [0.1, 0.15) is 94.3 Å². The van der Waals surface area contributed by atoms with Crippen LogP contribution in [0.15, 0.2) is 42.5 Å². The summed E-state index contributed by atoms with van der Waals surface area (Å²) in [5.74, 6) is -1.06. The lowest BCUT2D eigenvalue weighted by atomic mass is 9.79. The van der Waals surface area contributed by atoms with Crippen molar-refractivity contribution in [2.24, 2.45) is 0 Å². The minimum absolute atomic E-state index is 0.0298. The van der Waals surface area contributed by atoms with Gasteiger partial charge in [-0.3, -0.25) is 14.4 Å². The molecule has 4 aromatic carbocycles. The second-order valence-corrected chi connectivity index (χ2v) is 10.9. The summed E-state index contributed by atoms with van der Waals surface area (Å²) in [5, 5.41) is 32.0. The molecule has 234 valence electrons. The van der Waals surface area contributed by atoms with Gasteiger partial charge >= 0.3 is 0 Å². The molecule has 0 aliphatic rings. The van der Waals surface area contributed by atoms with Crippen molar-refractivity contribution in [2.45, 2.75) is 39.5 Å². The Kier molecular flexibility index (Phi) is 9.51. The van der Waals surface area contributed by atoms with Crippen LogP contribution in [0.4, 0.5) is 0 Å². The molecular weight excluding hydrogens is 576 g/mol. The van der Waals surface area contributed by atoms with E-state index >= 15 is 0 Å². The fourth-order valence-corrected chi connectivity index (χ4v) is 6.00. The Balaban J connectivity index is 2.08. The smallest absolute Gasteiger partial charge is 0.157 e. The maximum absolute atomic E-state index is 12.2. The highest BCUT2D eigenvalue weighted by Gasteiger charge is 2.31. The minimum Gasteiger partial charge on any atom is -0.507 e. The fraction of sp³-hybridized carbons (Fsp3) is 0.250. The number of carbonyl (C=O) groups is 3. The standard InChI is InChI=1S/C36H36O9/c1-18-11-24(34(43-5)27(15-37)31(18)40)21(4)22-9-8-10-23(14-22)30(25-12-19(2)32(41)28(16-38)35(25)44-6)26-13-20(3)33(42)29(17-39)36(26)45-7/h8-17,21,30,40-42H,1-7H3. The molecule has 0 aliphatic heterocycles. The normalized spacial score (nSPS) is 11.6. The summed E-state index contributed by atoms with van der Waals surface area (Å²) >= 11 is 0. The molecule has 0 saturated heterocycles. The largest absolute Gasteiger partial charge is 0.507 e. The molecule has 0 aliphatic carbocycles. The Hall–Kier alpha value is -5.31. The third-order valence-corrected chi connectivity index (χ3v) is 8.32. The molecule has 9 nitrogen and oxygen atoms in total. The van der Waals surface area contributed by atoms with E-state index in [1.165, 1.54) is 21.3 Å². The zero-order valence-corrected chi connectivity index (χ0v) is 26.2. The van der Waals surface area contributed by atoms with Crippen LogP contribution in [0.5, 0.6) is 34.5 Å². The van der Waals surface area contributed by atoms with Gasteiger partial charge in [0.2, 0.25) is 0 Å². The van der Waals surface area contributed by atoms with Gasteiger partial charge in [-0.1, -0.05) is 31.2 Å². The third kappa shape index (κ3) is 5.57. The molecule has 1 atom stereocenters. The number of phenols is 3. The van der Waals surface area contributed by atoms with E-state index in [9.17, 15) is 29.7 Å². The van der Waals surface area contributed by atoms with E-state index in [0.717, 1.165) is 5.56 Å². The summed E-state index contributed by atoms with van der Waals surface area (Å²) in [6, 6.07) is 12.8. The number of rotatable bonds is 11. The molecule has 1 unspecified atom stereocenters. The summed E-state index contributed by atoms with van der Waals surface area (Å²) in [4.78, 5) is 36.3. The van der Waals surface area contributed by atoms with Crippen molar-refractivity contribution in [2.75, 3.05) is 21.3 Å². The van der Waals surface area contributed by atoms with Crippen LogP contribution in [-0.2, 0) is 0 Å². The monoisotopic (exact) mass is 612 g/mol. The molecule has 0 aromatic heterocycles. The van der Waals surface area contributed by atoms with Gasteiger partial charge in [0.25, 0.3) is 0 Å². The number of hydrogen-bond acceptors (Lipinski definition) is 9. The van der Waals surface area contributed by atoms with Gasteiger partial charge in [0.15, 0.2) is 18.9 Å². The molecule has 0 fully saturated rings. The zero-order chi connectivity index (χ0) is 33.2. The quantitative estimate of drug-likeness (QED) is 0.127. The van der Waals surface area contributed by atoms with Gasteiger partial charge in [0, 0.05) is 28.5 Å². The summed E-state index contributed by atoms with van der Waals surface area (Å²) in [6.45, 7) is 6.99. The van der Waals surface area contributed by atoms with Crippen LogP contribution in [0.3, 0.4) is 0 Å². The molecule has 45 heavy (non-hydrogen) atoms. The van der Waals surface area contributed by atoms with E-state index < -0.39 is 5.92 Å². The van der Waals surface area contributed by atoms with Crippen LogP contribution in [0, 0.1) is 20.8 Å². The molecule has 0 heterocycles. The Bertz CT molecular complexity index is 1730. The maximum atomic E-state index is 12.2. The second kappa shape index (κ2) is 13.1. The van der Waals surface area contributed by atoms with Crippen LogP contribution in [0.25, 0.3) is 0 Å². The number of aldehydes is 3. The fourth-order valence-electron chi connectivity index (χ4n) is 6.00. The topological polar surface area (TPSA) is 140 Å². The van der Waals surface area contributed by atoms with Gasteiger partial charge in [0.1, 0.15) is 34.5 Å². The van der Waals surface area contributed by atoms with Crippen molar-refractivity contribution >= 4 is 18.9 Å². The van der Waals surface area contributed by atoms with Gasteiger partial charge in [-0.2, -0.15) is 0 Å². The van der Waals surface area contributed by atoms with Crippen molar-refractivity contribution in [3.05, 3.63) is 104 Å². The molecule has 0 radical (unpaired) electrons. The van der Waals surface area contributed by atoms with Gasteiger partial charge in [-0.15, -0.1) is 0 Å². The molecule has 0 saturated carbocycles. The van der Waals surface area contributed by atoms with Gasteiger partial charge in [-0.25, -0.2) is 0 Å². The first-order chi connectivity index (χ1) is 21.5. The van der Waals surface area contributed by atoms with Gasteiger partial charge in [-0.05, 0) is 66.8 Å². The average Bonchev–Trinajstić information content (AvgIpc) is 3.04. The van der Waals surface area contributed by atoms with Crippen molar-refractivity contribution < 1.29 is 43.9 Å². The molecular formula is C36H36O9. The number of carbonyl (C=O) groups excluding carboxylic acids is 3.